The summed E-state index contributed by atoms with van der Waals surface area (Å²) in [4.78, 5) is 11.5. The van der Waals surface area contributed by atoms with Crippen molar-refractivity contribution in [3.63, 3.8) is 0 Å². The minimum atomic E-state index is -0.0356. The van der Waals surface area contributed by atoms with Crippen LogP contribution in [0.25, 0.3) is 0 Å². The summed E-state index contributed by atoms with van der Waals surface area (Å²) in [5.74, 6) is -0.0356. The van der Waals surface area contributed by atoms with E-state index in [9.17, 15) is 4.79 Å². The van der Waals surface area contributed by atoms with Crippen LogP contribution >= 0.6 is 33.9 Å². The van der Waals surface area contributed by atoms with E-state index in [0.29, 0.717) is 0 Å². The van der Waals surface area contributed by atoms with Crippen LogP contribution in [0.1, 0.15) is 17.3 Å². The summed E-state index contributed by atoms with van der Waals surface area (Å²) in [6.45, 7) is 5.49. The fourth-order valence-corrected chi connectivity index (χ4v) is 2.10. The molecule has 0 aliphatic carbocycles. The Hall–Kier alpha value is -0.360. The highest BCUT2D eigenvalue weighted by molar-refractivity contribution is 14.1. The van der Waals surface area contributed by atoms with E-state index in [4.69, 9.17) is 0 Å². The highest BCUT2D eigenvalue weighted by Crippen LogP contribution is 2.16. The van der Waals surface area contributed by atoms with Crippen molar-refractivity contribution in [1.29, 1.82) is 0 Å². The van der Waals surface area contributed by atoms with Crippen LogP contribution in [0.15, 0.2) is 24.1 Å². The van der Waals surface area contributed by atoms with Gasteiger partial charge in [-0.3, -0.25) is 4.79 Å². The Morgan fingerprint density at radius 3 is 3.00 bits per heavy atom. The SMILES string of the molecule is C=CC(C)NC(=O)c1csc(I)c1. The second-order valence-corrected chi connectivity index (χ2v) is 5.44. The van der Waals surface area contributed by atoms with Crippen LogP contribution in [0.2, 0.25) is 0 Å². The monoisotopic (exact) mass is 307 g/mol. The molecule has 4 heteroatoms. The Balaban J connectivity index is 2.63. The Morgan fingerprint density at radius 1 is 1.85 bits per heavy atom. The van der Waals surface area contributed by atoms with Crippen molar-refractivity contribution in [2.24, 2.45) is 0 Å². The van der Waals surface area contributed by atoms with Gasteiger partial charge in [-0.2, -0.15) is 0 Å². The highest BCUT2D eigenvalue weighted by Gasteiger charge is 2.08. The summed E-state index contributed by atoms with van der Waals surface area (Å²) in [7, 11) is 0. The molecule has 1 atom stereocenters. The van der Waals surface area contributed by atoms with Crippen molar-refractivity contribution in [3.8, 4) is 0 Å². The van der Waals surface area contributed by atoms with Crippen molar-refractivity contribution in [3.05, 3.63) is 32.5 Å². The molecule has 13 heavy (non-hydrogen) atoms. The van der Waals surface area contributed by atoms with Gasteiger partial charge in [0.05, 0.1) is 8.45 Å². The molecule has 0 aliphatic rings. The summed E-state index contributed by atoms with van der Waals surface area (Å²) in [5.41, 5.74) is 0.725. The van der Waals surface area contributed by atoms with Crippen LogP contribution in [0.5, 0.6) is 0 Å². The molecule has 0 bridgehead atoms. The predicted molar refractivity (Wildman–Crippen MR) is 64.2 cm³/mol. The standard InChI is InChI=1S/C9H10INOS/c1-3-6(2)11-9(12)7-4-8(10)13-5-7/h3-6H,1H2,2H3,(H,11,12). The Labute approximate surface area is 95.2 Å². The number of carbonyl (C=O) groups excluding carboxylic acids is 1. The van der Waals surface area contributed by atoms with E-state index in [2.05, 4.69) is 34.5 Å². The van der Waals surface area contributed by atoms with Gasteiger partial charge in [0.1, 0.15) is 0 Å². The molecule has 0 radical (unpaired) electrons. The number of hydrogen-bond donors (Lipinski definition) is 1. The van der Waals surface area contributed by atoms with E-state index < -0.39 is 0 Å². The molecule has 0 spiro atoms. The van der Waals surface area contributed by atoms with Gasteiger partial charge in [-0.05, 0) is 35.6 Å². The molecule has 1 amide bonds. The molecule has 1 aromatic rings. The second kappa shape index (κ2) is 4.76. The zero-order valence-electron chi connectivity index (χ0n) is 7.21. The first-order chi connectivity index (χ1) is 6.13. The maximum atomic E-state index is 11.5. The quantitative estimate of drug-likeness (QED) is 0.675. The summed E-state index contributed by atoms with van der Waals surface area (Å²) in [6.07, 6.45) is 1.70. The zero-order chi connectivity index (χ0) is 9.84. The van der Waals surface area contributed by atoms with Crippen LogP contribution in [0.3, 0.4) is 0 Å². The van der Waals surface area contributed by atoms with Crippen LogP contribution in [0.4, 0.5) is 0 Å². The van der Waals surface area contributed by atoms with Crippen molar-refractivity contribution in [2.45, 2.75) is 13.0 Å². The van der Waals surface area contributed by atoms with Gasteiger partial charge in [-0.1, -0.05) is 6.08 Å². The summed E-state index contributed by atoms with van der Waals surface area (Å²) < 4.78 is 1.12. The minimum Gasteiger partial charge on any atom is -0.346 e. The van der Waals surface area contributed by atoms with Crippen molar-refractivity contribution >= 4 is 39.8 Å². The summed E-state index contributed by atoms with van der Waals surface area (Å²) in [5, 5.41) is 4.66. The minimum absolute atomic E-state index is 0.0186. The van der Waals surface area contributed by atoms with Gasteiger partial charge < -0.3 is 5.32 Å². The lowest BCUT2D eigenvalue weighted by Crippen LogP contribution is -2.30. The van der Waals surface area contributed by atoms with Crippen molar-refractivity contribution < 1.29 is 4.79 Å². The van der Waals surface area contributed by atoms with Gasteiger partial charge in [0.15, 0.2) is 0 Å². The molecular weight excluding hydrogens is 297 g/mol. The average Bonchev–Trinajstić information content (AvgIpc) is 2.51. The number of amides is 1. The topological polar surface area (TPSA) is 29.1 Å². The fourth-order valence-electron chi connectivity index (χ4n) is 0.778. The molecule has 0 aliphatic heterocycles. The third-order valence-electron chi connectivity index (χ3n) is 1.54. The smallest absolute Gasteiger partial charge is 0.252 e. The predicted octanol–water partition coefficient (Wildman–Crippen LogP) is 2.66. The van der Waals surface area contributed by atoms with E-state index in [1.165, 1.54) is 0 Å². The number of rotatable bonds is 3. The van der Waals surface area contributed by atoms with E-state index >= 15 is 0 Å². The normalized spacial score (nSPS) is 12.2. The maximum absolute atomic E-state index is 11.5. The number of nitrogens with one attached hydrogen (secondary N) is 1. The molecular formula is C9H10INOS. The molecule has 0 fully saturated rings. The van der Waals surface area contributed by atoms with Gasteiger partial charge in [-0.25, -0.2) is 0 Å². The van der Waals surface area contributed by atoms with Gasteiger partial charge in [0.2, 0.25) is 0 Å². The molecule has 1 N–H and O–H groups in total. The first kappa shape index (κ1) is 10.7. The molecule has 70 valence electrons. The Bertz CT molecular complexity index is 321. The molecule has 1 rings (SSSR count). The lowest BCUT2D eigenvalue weighted by atomic mass is 10.3. The molecule has 0 saturated carbocycles. The Morgan fingerprint density at radius 2 is 2.54 bits per heavy atom. The highest BCUT2D eigenvalue weighted by atomic mass is 127. The van der Waals surface area contributed by atoms with Crippen molar-refractivity contribution in [2.75, 3.05) is 0 Å². The number of carbonyl (C=O) groups is 1. The molecule has 0 aromatic carbocycles. The van der Waals surface area contributed by atoms with Crippen LogP contribution in [-0.4, -0.2) is 11.9 Å². The van der Waals surface area contributed by atoms with Gasteiger partial charge in [0.25, 0.3) is 5.91 Å². The van der Waals surface area contributed by atoms with Gasteiger partial charge >= 0.3 is 0 Å². The maximum Gasteiger partial charge on any atom is 0.252 e. The van der Waals surface area contributed by atoms with Crippen LogP contribution in [0, 0.1) is 2.88 Å². The summed E-state index contributed by atoms with van der Waals surface area (Å²) >= 11 is 3.76. The lowest BCUT2D eigenvalue weighted by Gasteiger charge is -2.07. The average molecular weight is 307 g/mol. The first-order valence-electron chi connectivity index (χ1n) is 3.81. The summed E-state index contributed by atoms with van der Waals surface area (Å²) in [6, 6.07) is 1.89. The zero-order valence-corrected chi connectivity index (χ0v) is 10.2. The van der Waals surface area contributed by atoms with Gasteiger partial charge in [0, 0.05) is 11.4 Å². The second-order valence-electron chi connectivity index (χ2n) is 2.64. The van der Waals surface area contributed by atoms with Gasteiger partial charge in [-0.15, -0.1) is 17.9 Å². The molecule has 1 aromatic heterocycles. The molecule has 1 heterocycles. The Kier molecular flexibility index (Phi) is 3.92. The first-order valence-corrected chi connectivity index (χ1v) is 5.76. The third-order valence-corrected chi connectivity index (χ3v) is 3.33. The lowest BCUT2D eigenvalue weighted by molar-refractivity contribution is 0.0947. The molecule has 0 saturated heterocycles. The van der Waals surface area contributed by atoms with Crippen LogP contribution in [-0.2, 0) is 0 Å². The molecule has 2 nitrogen and oxygen atoms in total. The number of thiophene rings is 1. The number of halogens is 1. The largest absolute Gasteiger partial charge is 0.346 e. The molecule has 1 unspecified atom stereocenters. The van der Waals surface area contributed by atoms with E-state index in [0.717, 1.165) is 8.45 Å². The van der Waals surface area contributed by atoms with Crippen LogP contribution < -0.4 is 5.32 Å². The van der Waals surface area contributed by atoms with E-state index in [-0.39, 0.29) is 11.9 Å². The number of hydrogen-bond acceptors (Lipinski definition) is 2. The third kappa shape index (κ3) is 3.11. The van der Waals surface area contributed by atoms with E-state index in [1.54, 1.807) is 17.4 Å². The van der Waals surface area contributed by atoms with Crippen molar-refractivity contribution in [1.82, 2.24) is 5.32 Å². The fraction of sp³-hybridized carbons (Fsp3) is 0.222. The van der Waals surface area contributed by atoms with E-state index in [1.807, 2.05) is 18.4 Å².